The van der Waals surface area contributed by atoms with Gasteiger partial charge in [0.2, 0.25) is 0 Å². The smallest absolute Gasteiger partial charge is 0.251 e. The van der Waals surface area contributed by atoms with Crippen LogP contribution in [0.15, 0.2) is 52.1 Å². The third-order valence-electron chi connectivity index (χ3n) is 2.48. The minimum atomic E-state index is -0.174. The van der Waals surface area contributed by atoms with Crippen LogP contribution >= 0.6 is 11.3 Å². The minimum Gasteiger partial charge on any atom is -0.306 e. The SMILES string of the molecule is O=c1cc(-c2cscn2)nc(-c2ccccc2)[nH]1. The quantitative estimate of drug-likeness (QED) is 0.765. The van der Waals surface area contributed by atoms with E-state index < -0.39 is 0 Å². The van der Waals surface area contributed by atoms with Crippen LogP contribution in [0.2, 0.25) is 0 Å². The number of hydrogen-bond acceptors (Lipinski definition) is 4. The van der Waals surface area contributed by atoms with Crippen molar-refractivity contribution < 1.29 is 0 Å². The summed E-state index contributed by atoms with van der Waals surface area (Å²) in [6.07, 6.45) is 0. The first-order chi connectivity index (χ1) is 8.83. The average Bonchev–Trinajstić information content (AvgIpc) is 2.93. The molecule has 1 aromatic carbocycles. The van der Waals surface area contributed by atoms with E-state index in [1.807, 2.05) is 35.7 Å². The Kier molecular flexibility index (Phi) is 2.74. The zero-order valence-corrected chi connectivity index (χ0v) is 10.1. The van der Waals surface area contributed by atoms with E-state index in [4.69, 9.17) is 0 Å². The van der Waals surface area contributed by atoms with Gasteiger partial charge >= 0.3 is 0 Å². The minimum absolute atomic E-state index is 0.174. The van der Waals surface area contributed by atoms with Gasteiger partial charge in [0.15, 0.2) is 0 Å². The van der Waals surface area contributed by atoms with Gasteiger partial charge in [0.1, 0.15) is 5.82 Å². The highest BCUT2D eigenvalue weighted by Crippen LogP contribution is 2.18. The monoisotopic (exact) mass is 255 g/mol. The number of hydrogen-bond donors (Lipinski definition) is 1. The molecule has 18 heavy (non-hydrogen) atoms. The van der Waals surface area contributed by atoms with Crippen molar-refractivity contribution in [2.45, 2.75) is 0 Å². The maximum absolute atomic E-state index is 11.7. The van der Waals surface area contributed by atoms with Gasteiger partial charge in [-0.15, -0.1) is 11.3 Å². The van der Waals surface area contributed by atoms with Crippen LogP contribution in [0.4, 0.5) is 0 Å². The van der Waals surface area contributed by atoms with E-state index in [1.165, 1.54) is 17.4 Å². The lowest BCUT2D eigenvalue weighted by Gasteiger charge is -2.02. The van der Waals surface area contributed by atoms with E-state index in [-0.39, 0.29) is 5.56 Å². The normalized spacial score (nSPS) is 10.4. The predicted octanol–water partition coefficient (Wildman–Crippen LogP) is 2.56. The van der Waals surface area contributed by atoms with Gasteiger partial charge in [-0.3, -0.25) is 4.79 Å². The lowest BCUT2D eigenvalue weighted by atomic mass is 10.2. The van der Waals surface area contributed by atoms with E-state index >= 15 is 0 Å². The third kappa shape index (κ3) is 2.08. The number of H-pyrrole nitrogens is 1. The molecule has 0 aliphatic carbocycles. The summed E-state index contributed by atoms with van der Waals surface area (Å²) < 4.78 is 0. The number of aromatic amines is 1. The Morgan fingerprint density at radius 2 is 1.94 bits per heavy atom. The van der Waals surface area contributed by atoms with Crippen molar-refractivity contribution in [2.24, 2.45) is 0 Å². The molecule has 3 rings (SSSR count). The first-order valence-electron chi connectivity index (χ1n) is 5.38. The number of nitrogens with zero attached hydrogens (tertiary/aromatic N) is 2. The van der Waals surface area contributed by atoms with Crippen molar-refractivity contribution in [3.05, 3.63) is 57.6 Å². The number of benzene rings is 1. The molecule has 1 N–H and O–H groups in total. The number of rotatable bonds is 2. The van der Waals surface area contributed by atoms with Crippen molar-refractivity contribution >= 4 is 11.3 Å². The molecule has 2 heterocycles. The summed E-state index contributed by atoms with van der Waals surface area (Å²) >= 11 is 1.48. The Morgan fingerprint density at radius 1 is 1.11 bits per heavy atom. The number of nitrogens with one attached hydrogen (secondary N) is 1. The summed E-state index contributed by atoms with van der Waals surface area (Å²) in [6.45, 7) is 0. The topological polar surface area (TPSA) is 58.6 Å². The molecule has 2 aromatic heterocycles. The molecule has 0 amide bonds. The molecule has 88 valence electrons. The Hall–Kier alpha value is -2.27. The Bertz CT molecular complexity index is 705. The van der Waals surface area contributed by atoms with Crippen LogP contribution in [0.1, 0.15) is 0 Å². The van der Waals surface area contributed by atoms with Crippen LogP contribution in [-0.4, -0.2) is 15.0 Å². The molecule has 0 spiro atoms. The molecule has 0 aliphatic rings. The highest BCUT2D eigenvalue weighted by Gasteiger charge is 2.06. The van der Waals surface area contributed by atoms with Crippen molar-refractivity contribution in [1.29, 1.82) is 0 Å². The number of aromatic nitrogens is 3. The predicted molar refractivity (Wildman–Crippen MR) is 71.4 cm³/mol. The van der Waals surface area contributed by atoms with Gasteiger partial charge in [-0.05, 0) is 0 Å². The van der Waals surface area contributed by atoms with Crippen LogP contribution in [0.25, 0.3) is 22.8 Å². The average molecular weight is 255 g/mol. The van der Waals surface area contributed by atoms with Gasteiger partial charge in [-0.2, -0.15) is 0 Å². The van der Waals surface area contributed by atoms with E-state index in [1.54, 1.807) is 5.51 Å². The molecule has 5 heteroatoms. The molecule has 3 aromatic rings. The van der Waals surface area contributed by atoms with Gasteiger partial charge in [-0.25, -0.2) is 9.97 Å². The van der Waals surface area contributed by atoms with Crippen molar-refractivity contribution in [3.8, 4) is 22.8 Å². The second kappa shape index (κ2) is 4.54. The molecular weight excluding hydrogens is 246 g/mol. The second-order valence-electron chi connectivity index (χ2n) is 3.72. The summed E-state index contributed by atoms with van der Waals surface area (Å²) in [7, 11) is 0. The van der Waals surface area contributed by atoms with Crippen molar-refractivity contribution in [1.82, 2.24) is 15.0 Å². The fraction of sp³-hybridized carbons (Fsp3) is 0. The van der Waals surface area contributed by atoms with E-state index in [2.05, 4.69) is 15.0 Å². The molecule has 0 aliphatic heterocycles. The molecule has 0 saturated carbocycles. The highest BCUT2D eigenvalue weighted by molar-refractivity contribution is 7.07. The Balaban J connectivity index is 2.15. The standard InChI is InChI=1S/C13H9N3OS/c17-12-6-10(11-7-18-8-14-11)15-13(16-12)9-4-2-1-3-5-9/h1-8H,(H,15,16,17). The van der Waals surface area contributed by atoms with Gasteiger partial charge in [0.05, 0.1) is 16.9 Å². The van der Waals surface area contributed by atoms with Gasteiger partial charge < -0.3 is 4.98 Å². The lowest BCUT2D eigenvalue weighted by Crippen LogP contribution is -2.08. The molecule has 0 unspecified atom stereocenters. The molecule has 0 bridgehead atoms. The highest BCUT2D eigenvalue weighted by atomic mass is 32.1. The van der Waals surface area contributed by atoms with Gasteiger partial charge in [0, 0.05) is 17.0 Å². The first kappa shape index (κ1) is 10.9. The summed E-state index contributed by atoms with van der Waals surface area (Å²) in [5.74, 6) is 0.561. The van der Waals surface area contributed by atoms with E-state index in [0.29, 0.717) is 11.5 Å². The summed E-state index contributed by atoms with van der Waals surface area (Å²) in [5, 5.41) is 1.87. The van der Waals surface area contributed by atoms with Crippen LogP contribution in [0.5, 0.6) is 0 Å². The number of thiazole rings is 1. The van der Waals surface area contributed by atoms with E-state index in [0.717, 1.165) is 11.3 Å². The fourth-order valence-corrected chi connectivity index (χ4v) is 2.21. The van der Waals surface area contributed by atoms with Crippen LogP contribution < -0.4 is 5.56 Å². The Morgan fingerprint density at radius 3 is 2.67 bits per heavy atom. The molecule has 0 fully saturated rings. The van der Waals surface area contributed by atoms with Crippen molar-refractivity contribution in [2.75, 3.05) is 0 Å². The Labute approximate surface area is 107 Å². The van der Waals surface area contributed by atoms with E-state index in [9.17, 15) is 4.79 Å². The zero-order chi connectivity index (χ0) is 12.4. The van der Waals surface area contributed by atoms with Crippen molar-refractivity contribution in [3.63, 3.8) is 0 Å². The van der Waals surface area contributed by atoms with Gasteiger partial charge in [0.25, 0.3) is 5.56 Å². The first-order valence-corrected chi connectivity index (χ1v) is 6.32. The summed E-state index contributed by atoms with van der Waals surface area (Å²) in [5.41, 5.74) is 3.75. The third-order valence-corrected chi connectivity index (χ3v) is 3.07. The molecular formula is C13H9N3OS. The summed E-state index contributed by atoms with van der Waals surface area (Å²) in [4.78, 5) is 23.0. The lowest BCUT2D eigenvalue weighted by molar-refractivity contribution is 1.12. The molecule has 0 atom stereocenters. The van der Waals surface area contributed by atoms with Crippen LogP contribution in [-0.2, 0) is 0 Å². The molecule has 4 nitrogen and oxygen atoms in total. The van der Waals surface area contributed by atoms with Gasteiger partial charge in [-0.1, -0.05) is 30.3 Å². The van der Waals surface area contributed by atoms with Crippen LogP contribution in [0.3, 0.4) is 0 Å². The maximum atomic E-state index is 11.7. The fourth-order valence-electron chi connectivity index (χ4n) is 1.66. The largest absolute Gasteiger partial charge is 0.306 e. The zero-order valence-electron chi connectivity index (χ0n) is 9.33. The van der Waals surface area contributed by atoms with Crippen LogP contribution in [0, 0.1) is 0 Å². The maximum Gasteiger partial charge on any atom is 0.251 e. The molecule has 0 radical (unpaired) electrons. The second-order valence-corrected chi connectivity index (χ2v) is 4.44. The summed E-state index contributed by atoms with van der Waals surface area (Å²) in [6, 6.07) is 11.0. The molecule has 0 saturated heterocycles.